The van der Waals surface area contributed by atoms with Crippen LogP contribution in [0.4, 0.5) is 10.8 Å². The number of hydrogen-bond donors (Lipinski definition) is 2. The summed E-state index contributed by atoms with van der Waals surface area (Å²) in [6, 6.07) is 5.49. The Morgan fingerprint density at radius 3 is 2.81 bits per heavy atom. The minimum atomic E-state index is -0.496. The molecule has 0 bridgehead atoms. The first-order valence-electron chi connectivity index (χ1n) is 6.38. The van der Waals surface area contributed by atoms with E-state index in [1.54, 1.807) is 0 Å². The van der Waals surface area contributed by atoms with Gasteiger partial charge in [-0.25, -0.2) is 4.98 Å². The highest BCUT2D eigenvalue weighted by Gasteiger charge is 2.17. The van der Waals surface area contributed by atoms with Crippen molar-refractivity contribution < 1.29 is 9.72 Å². The first-order chi connectivity index (χ1) is 10.1. The molecule has 7 nitrogen and oxygen atoms in total. The van der Waals surface area contributed by atoms with Crippen molar-refractivity contribution >= 4 is 28.1 Å². The average Bonchev–Trinajstić information content (AvgIpc) is 2.89. The predicted octanol–water partition coefficient (Wildman–Crippen LogP) is 1.95. The van der Waals surface area contributed by atoms with Crippen LogP contribution < -0.4 is 10.6 Å². The lowest BCUT2D eigenvalue weighted by molar-refractivity contribution is -0.384. The number of carbonyl (C=O) groups excluding carboxylic acids is 1. The molecule has 2 N–H and O–H groups in total. The average molecular weight is 304 g/mol. The van der Waals surface area contributed by atoms with E-state index in [0.717, 1.165) is 30.1 Å². The lowest BCUT2D eigenvalue weighted by atomic mass is 10.2. The van der Waals surface area contributed by atoms with Crippen LogP contribution in [0.2, 0.25) is 0 Å². The van der Waals surface area contributed by atoms with Gasteiger partial charge in [0.2, 0.25) is 0 Å². The number of non-ortho nitro benzene ring substituents is 1. The number of amides is 1. The lowest BCUT2D eigenvalue weighted by Gasteiger charge is -2.09. The number of anilines is 1. The number of benzene rings is 1. The molecule has 0 aliphatic carbocycles. The molecule has 1 aromatic heterocycles. The molecule has 1 aromatic carbocycles. The summed E-state index contributed by atoms with van der Waals surface area (Å²) in [6.07, 6.45) is 0.860. The molecule has 8 heteroatoms. The molecule has 0 unspecified atom stereocenters. The Hall–Kier alpha value is -2.32. The molecule has 0 spiro atoms. The summed E-state index contributed by atoms with van der Waals surface area (Å²) in [5, 5.41) is 17.1. The van der Waals surface area contributed by atoms with Gasteiger partial charge >= 0.3 is 0 Å². The fourth-order valence-corrected chi connectivity index (χ4v) is 3.06. The van der Waals surface area contributed by atoms with E-state index in [0.29, 0.717) is 10.7 Å². The molecule has 108 valence electrons. The first-order valence-corrected chi connectivity index (χ1v) is 7.20. The van der Waals surface area contributed by atoms with E-state index in [4.69, 9.17) is 0 Å². The van der Waals surface area contributed by atoms with E-state index >= 15 is 0 Å². The number of fused-ring (bicyclic) bond motifs is 1. The molecular formula is C13H12N4O3S. The number of thiazole rings is 1. The summed E-state index contributed by atoms with van der Waals surface area (Å²) in [7, 11) is 0. The number of nitrogens with zero attached hydrogens (tertiary/aromatic N) is 2. The molecule has 1 aliphatic rings. The molecule has 2 heterocycles. The Bertz CT molecular complexity index is 672. The number of nitrogens with one attached hydrogen (secondary N) is 2. The summed E-state index contributed by atoms with van der Waals surface area (Å²) in [4.78, 5) is 27.7. The van der Waals surface area contributed by atoms with Crippen molar-refractivity contribution in [2.75, 3.05) is 11.9 Å². The molecule has 1 amide bonds. The highest BCUT2D eigenvalue weighted by Crippen LogP contribution is 2.25. The fraction of sp³-hybridized carbons (Fsp3) is 0.231. The molecular weight excluding hydrogens is 292 g/mol. The van der Waals surface area contributed by atoms with Gasteiger partial charge in [0, 0.05) is 42.1 Å². The molecule has 0 atom stereocenters. The van der Waals surface area contributed by atoms with Gasteiger partial charge in [0.25, 0.3) is 11.6 Å². The molecule has 0 fully saturated rings. The van der Waals surface area contributed by atoms with E-state index < -0.39 is 4.92 Å². The van der Waals surface area contributed by atoms with Crippen molar-refractivity contribution in [3.63, 3.8) is 0 Å². The van der Waals surface area contributed by atoms with Crippen molar-refractivity contribution in [1.82, 2.24) is 10.3 Å². The second-order valence-corrected chi connectivity index (χ2v) is 5.66. The van der Waals surface area contributed by atoms with Gasteiger partial charge < -0.3 is 5.32 Å². The maximum atomic E-state index is 12.1. The highest BCUT2D eigenvalue weighted by atomic mass is 32.1. The highest BCUT2D eigenvalue weighted by molar-refractivity contribution is 7.15. The van der Waals surface area contributed by atoms with Crippen LogP contribution in [0.3, 0.4) is 0 Å². The summed E-state index contributed by atoms with van der Waals surface area (Å²) < 4.78 is 0. The molecule has 2 aromatic rings. The minimum absolute atomic E-state index is 0.0395. The second-order valence-electron chi connectivity index (χ2n) is 4.57. The van der Waals surface area contributed by atoms with Crippen LogP contribution in [0.5, 0.6) is 0 Å². The van der Waals surface area contributed by atoms with E-state index in [-0.39, 0.29) is 11.6 Å². The first kappa shape index (κ1) is 13.7. The topological polar surface area (TPSA) is 97.2 Å². The largest absolute Gasteiger partial charge is 0.311 e. The van der Waals surface area contributed by atoms with Gasteiger partial charge in [-0.3, -0.25) is 20.2 Å². The van der Waals surface area contributed by atoms with Crippen molar-refractivity contribution in [1.29, 1.82) is 0 Å². The zero-order valence-electron chi connectivity index (χ0n) is 11.0. The zero-order chi connectivity index (χ0) is 14.8. The molecule has 21 heavy (non-hydrogen) atoms. The maximum absolute atomic E-state index is 12.1. The second kappa shape index (κ2) is 5.58. The van der Waals surface area contributed by atoms with Gasteiger partial charge in [-0.2, -0.15) is 0 Å². The van der Waals surface area contributed by atoms with E-state index in [2.05, 4.69) is 15.6 Å². The smallest absolute Gasteiger partial charge is 0.269 e. The number of aromatic nitrogens is 1. The fourth-order valence-electron chi connectivity index (χ4n) is 2.08. The van der Waals surface area contributed by atoms with E-state index in [9.17, 15) is 14.9 Å². The molecule has 0 saturated heterocycles. The number of nitro groups is 1. The minimum Gasteiger partial charge on any atom is -0.311 e. The molecule has 1 aliphatic heterocycles. The Morgan fingerprint density at radius 1 is 1.38 bits per heavy atom. The third-order valence-corrected chi connectivity index (χ3v) is 4.18. The Balaban J connectivity index is 1.73. The zero-order valence-corrected chi connectivity index (χ0v) is 11.8. The van der Waals surface area contributed by atoms with Crippen molar-refractivity contribution in [3.8, 4) is 0 Å². The monoisotopic (exact) mass is 304 g/mol. The van der Waals surface area contributed by atoms with Crippen LogP contribution in [0.25, 0.3) is 0 Å². The number of nitro benzene ring substituents is 1. The number of carbonyl (C=O) groups is 1. The van der Waals surface area contributed by atoms with Crippen molar-refractivity contribution in [2.45, 2.75) is 13.0 Å². The number of hydrogen-bond acceptors (Lipinski definition) is 6. The molecule has 0 saturated carbocycles. The number of rotatable bonds is 3. The van der Waals surface area contributed by atoms with Gasteiger partial charge in [-0.05, 0) is 12.1 Å². The van der Waals surface area contributed by atoms with Gasteiger partial charge in [0.1, 0.15) is 0 Å². The van der Waals surface area contributed by atoms with Gasteiger partial charge in [-0.1, -0.05) is 0 Å². The molecule has 3 rings (SSSR count). The van der Waals surface area contributed by atoms with Crippen molar-refractivity contribution in [2.24, 2.45) is 0 Å². The predicted molar refractivity (Wildman–Crippen MR) is 78.6 cm³/mol. The molecule has 0 radical (unpaired) electrons. The van der Waals surface area contributed by atoms with Crippen LogP contribution >= 0.6 is 11.3 Å². The van der Waals surface area contributed by atoms with Crippen LogP contribution in [0, 0.1) is 10.1 Å². The summed E-state index contributed by atoms with van der Waals surface area (Å²) in [5.74, 6) is -0.316. The third kappa shape index (κ3) is 2.91. The van der Waals surface area contributed by atoms with Crippen LogP contribution in [0.1, 0.15) is 20.9 Å². The summed E-state index contributed by atoms with van der Waals surface area (Å²) in [5.41, 5.74) is 1.35. The Labute approximate surface area is 124 Å². The summed E-state index contributed by atoms with van der Waals surface area (Å²) >= 11 is 1.45. The third-order valence-electron chi connectivity index (χ3n) is 3.16. The van der Waals surface area contributed by atoms with Crippen LogP contribution in [-0.2, 0) is 13.0 Å². The van der Waals surface area contributed by atoms with Crippen LogP contribution in [0.15, 0.2) is 24.3 Å². The Kier molecular flexibility index (Phi) is 3.63. The quantitative estimate of drug-likeness (QED) is 0.667. The lowest BCUT2D eigenvalue weighted by Crippen LogP contribution is -2.22. The van der Waals surface area contributed by atoms with Crippen LogP contribution in [-0.4, -0.2) is 22.4 Å². The van der Waals surface area contributed by atoms with E-state index in [1.165, 1.54) is 35.6 Å². The summed E-state index contributed by atoms with van der Waals surface area (Å²) in [6.45, 7) is 1.67. The van der Waals surface area contributed by atoms with Gasteiger partial charge in [-0.15, -0.1) is 11.3 Å². The Morgan fingerprint density at radius 2 is 2.14 bits per heavy atom. The normalized spacial score (nSPS) is 13.5. The van der Waals surface area contributed by atoms with Crippen molar-refractivity contribution in [3.05, 3.63) is 50.5 Å². The van der Waals surface area contributed by atoms with Gasteiger partial charge in [0.05, 0.1) is 10.6 Å². The SMILES string of the molecule is O=C(Nc1nc2c(s1)CNCC2)c1ccc([N+](=O)[O-])cc1. The van der Waals surface area contributed by atoms with E-state index in [1.807, 2.05) is 0 Å². The van der Waals surface area contributed by atoms with Gasteiger partial charge in [0.15, 0.2) is 5.13 Å². The standard InChI is InChI=1S/C13H12N4O3S/c18-12(8-1-3-9(4-2-8)17(19)20)16-13-15-10-5-6-14-7-11(10)21-13/h1-4,14H,5-7H2,(H,15,16,18). The maximum Gasteiger partial charge on any atom is 0.269 e.